The first-order valence-corrected chi connectivity index (χ1v) is 10.2. The molecule has 3 aromatic rings. The molecular formula is C23H22F3N5O. The molecule has 1 atom stereocenters. The molecular weight excluding hydrogens is 419 g/mol. The van der Waals surface area contributed by atoms with E-state index < -0.39 is 11.7 Å². The second-order valence-electron chi connectivity index (χ2n) is 7.85. The summed E-state index contributed by atoms with van der Waals surface area (Å²) in [5, 5.41) is 0. The van der Waals surface area contributed by atoms with Gasteiger partial charge in [-0.2, -0.15) is 13.2 Å². The number of nitrogen functional groups attached to an aromatic ring is 1. The number of amides is 1. The van der Waals surface area contributed by atoms with Crippen molar-refractivity contribution in [2.75, 3.05) is 12.3 Å². The number of nitrogens with two attached hydrogens (primary N) is 1. The van der Waals surface area contributed by atoms with E-state index in [2.05, 4.69) is 15.0 Å². The molecule has 1 aliphatic heterocycles. The van der Waals surface area contributed by atoms with Crippen molar-refractivity contribution in [2.24, 2.45) is 0 Å². The number of nitrogens with zero attached hydrogens (tertiary/aromatic N) is 4. The van der Waals surface area contributed by atoms with Gasteiger partial charge in [-0.25, -0.2) is 9.97 Å². The van der Waals surface area contributed by atoms with Crippen molar-refractivity contribution in [3.8, 4) is 0 Å². The van der Waals surface area contributed by atoms with Gasteiger partial charge in [-0.15, -0.1) is 0 Å². The van der Waals surface area contributed by atoms with Crippen molar-refractivity contribution in [1.29, 1.82) is 0 Å². The molecule has 166 valence electrons. The van der Waals surface area contributed by atoms with E-state index in [0.29, 0.717) is 29.8 Å². The van der Waals surface area contributed by atoms with E-state index >= 15 is 0 Å². The van der Waals surface area contributed by atoms with Crippen LogP contribution in [0.25, 0.3) is 0 Å². The predicted octanol–water partition coefficient (Wildman–Crippen LogP) is 4.35. The van der Waals surface area contributed by atoms with E-state index in [1.165, 1.54) is 12.3 Å². The van der Waals surface area contributed by atoms with Crippen LogP contribution in [0.15, 0.2) is 48.8 Å². The molecule has 1 aromatic carbocycles. The molecule has 1 fully saturated rings. The van der Waals surface area contributed by atoms with E-state index in [9.17, 15) is 18.0 Å². The van der Waals surface area contributed by atoms with Crippen LogP contribution in [0.5, 0.6) is 0 Å². The zero-order valence-electron chi connectivity index (χ0n) is 17.4. The Morgan fingerprint density at radius 3 is 2.66 bits per heavy atom. The number of anilines is 1. The lowest BCUT2D eigenvalue weighted by atomic mass is 10.0. The quantitative estimate of drug-likeness (QED) is 0.651. The summed E-state index contributed by atoms with van der Waals surface area (Å²) in [6, 6.07) is 8.80. The second kappa shape index (κ2) is 8.57. The number of hydrogen-bond acceptors (Lipinski definition) is 5. The second-order valence-corrected chi connectivity index (χ2v) is 7.85. The summed E-state index contributed by atoms with van der Waals surface area (Å²) in [6.45, 7) is 2.32. The molecule has 6 nitrogen and oxygen atoms in total. The highest BCUT2D eigenvalue weighted by atomic mass is 19.4. The smallest absolute Gasteiger partial charge is 0.368 e. The fourth-order valence-corrected chi connectivity index (χ4v) is 4.00. The molecule has 9 heteroatoms. The van der Waals surface area contributed by atoms with Crippen molar-refractivity contribution in [1.82, 2.24) is 19.9 Å². The van der Waals surface area contributed by atoms with Crippen LogP contribution in [0.3, 0.4) is 0 Å². The molecule has 0 aliphatic carbocycles. The molecule has 0 bridgehead atoms. The fraction of sp³-hybridized carbons (Fsp3) is 0.304. The van der Waals surface area contributed by atoms with Crippen LogP contribution in [0.1, 0.15) is 57.3 Å². The molecule has 32 heavy (non-hydrogen) atoms. The van der Waals surface area contributed by atoms with Crippen molar-refractivity contribution in [3.05, 3.63) is 82.4 Å². The number of hydrogen-bond donors (Lipinski definition) is 1. The maximum atomic E-state index is 13.1. The number of aryl methyl sites for hydroxylation is 1. The normalized spacial score (nSPS) is 16.4. The van der Waals surface area contributed by atoms with Crippen LogP contribution < -0.4 is 5.73 Å². The summed E-state index contributed by atoms with van der Waals surface area (Å²) in [6.07, 6.45) is 0.700. The molecule has 2 N–H and O–H groups in total. The number of benzene rings is 1. The number of likely N-dealkylation sites (tertiary alicyclic amines) is 1. The van der Waals surface area contributed by atoms with Gasteiger partial charge in [0, 0.05) is 18.9 Å². The third-order valence-corrected chi connectivity index (χ3v) is 5.59. The number of carbonyl (C=O) groups is 1. The Morgan fingerprint density at radius 1 is 1.16 bits per heavy atom. The summed E-state index contributed by atoms with van der Waals surface area (Å²) in [4.78, 5) is 27.4. The Balaban J connectivity index is 1.50. The largest absolute Gasteiger partial charge is 0.416 e. The summed E-state index contributed by atoms with van der Waals surface area (Å²) < 4.78 is 38.8. The topological polar surface area (TPSA) is 85.0 Å². The zero-order valence-corrected chi connectivity index (χ0v) is 17.4. The van der Waals surface area contributed by atoms with E-state index in [1.807, 2.05) is 12.1 Å². The maximum absolute atomic E-state index is 13.1. The molecule has 0 spiro atoms. The van der Waals surface area contributed by atoms with Crippen LogP contribution in [0, 0.1) is 6.92 Å². The lowest BCUT2D eigenvalue weighted by Gasteiger charge is -2.25. The Hall–Kier alpha value is -3.49. The molecule has 1 saturated heterocycles. The number of rotatable bonds is 4. The Labute approximate surface area is 183 Å². The number of aromatic nitrogens is 3. The summed E-state index contributed by atoms with van der Waals surface area (Å²) in [5.74, 6) is -0.0464. The monoisotopic (exact) mass is 441 g/mol. The number of alkyl halides is 3. The van der Waals surface area contributed by atoms with Gasteiger partial charge in [0.05, 0.1) is 28.6 Å². The van der Waals surface area contributed by atoms with Crippen LogP contribution >= 0.6 is 0 Å². The summed E-state index contributed by atoms with van der Waals surface area (Å²) in [7, 11) is 0. The molecule has 2 aromatic heterocycles. The Bertz CT molecular complexity index is 1130. The number of halogens is 3. The minimum atomic E-state index is -4.37. The van der Waals surface area contributed by atoms with E-state index in [-0.39, 0.29) is 17.9 Å². The van der Waals surface area contributed by atoms with Crippen molar-refractivity contribution < 1.29 is 18.0 Å². The van der Waals surface area contributed by atoms with Gasteiger partial charge in [-0.1, -0.05) is 24.3 Å². The van der Waals surface area contributed by atoms with Gasteiger partial charge in [0.15, 0.2) is 0 Å². The highest BCUT2D eigenvalue weighted by Crippen LogP contribution is 2.33. The summed E-state index contributed by atoms with van der Waals surface area (Å²) in [5.41, 5.74) is 7.96. The third-order valence-electron chi connectivity index (χ3n) is 5.59. The lowest BCUT2D eigenvalue weighted by molar-refractivity contribution is -0.137. The molecule has 3 heterocycles. The van der Waals surface area contributed by atoms with Crippen LogP contribution in [-0.4, -0.2) is 32.3 Å². The fourth-order valence-electron chi connectivity index (χ4n) is 4.00. The molecule has 1 amide bonds. The highest BCUT2D eigenvalue weighted by Gasteiger charge is 2.33. The zero-order chi connectivity index (χ0) is 22.9. The molecule has 1 aliphatic rings. The standard InChI is InChI=1S/C23H22F3N5O/c1-14-18(13-29-22(27)30-14)21(32)31-9-3-6-20(31)19-8-7-16(12-28-19)10-15-4-2-5-17(11-15)23(24,25)26/h2,4-5,7-8,11-13,20H,3,6,9-10H2,1H3,(H2,27,29,30). The van der Waals surface area contributed by atoms with Gasteiger partial charge >= 0.3 is 6.18 Å². The number of pyridine rings is 1. The van der Waals surface area contributed by atoms with E-state index in [4.69, 9.17) is 5.73 Å². The van der Waals surface area contributed by atoms with Gasteiger partial charge in [0.2, 0.25) is 5.95 Å². The predicted molar refractivity (Wildman–Crippen MR) is 113 cm³/mol. The molecule has 4 rings (SSSR count). The molecule has 0 saturated carbocycles. The van der Waals surface area contributed by atoms with Crippen molar-refractivity contribution >= 4 is 11.9 Å². The lowest BCUT2D eigenvalue weighted by Crippen LogP contribution is -2.31. The summed E-state index contributed by atoms with van der Waals surface area (Å²) >= 11 is 0. The average Bonchev–Trinajstić information content (AvgIpc) is 3.23. The van der Waals surface area contributed by atoms with E-state index in [0.717, 1.165) is 36.2 Å². The van der Waals surface area contributed by atoms with Gasteiger partial charge in [-0.05, 0) is 49.4 Å². The van der Waals surface area contributed by atoms with Crippen LogP contribution in [0.2, 0.25) is 0 Å². The van der Waals surface area contributed by atoms with E-state index in [1.54, 1.807) is 24.1 Å². The van der Waals surface area contributed by atoms with Crippen LogP contribution in [0.4, 0.5) is 19.1 Å². The maximum Gasteiger partial charge on any atom is 0.416 e. The average molecular weight is 441 g/mol. The van der Waals surface area contributed by atoms with Crippen molar-refractivity contribution in [3.63, 3.8) is 0 Å². The third kappa shape index (κ3) is 4.56. The highest BCUT2D eigenvalue weighted by molar-refractivity contribution is 5.95. The Morgan fingerprint density at radius 2 is 1.97 bits per heavy atom. The first-order chi connectivity index (χ1) is 15.2. The van der Waals surface area contributed by atoms with Gasteiger partial charge < -0.3 is 10.6 Å². The van der Waals surface area contributed by atoms with Gasteiger partial charge in [-0.3, -0.25) is 9.78 Å². The Kier molecular flexibility index (Phi) is 5.82. The first kappa shape index (κ1) is 21.7. The SMILES string of the molecule is Cc1nc(N)ncc1C(=O)N1CCCC1c1ccc(Cc2cccc(C(F)(F)F)c2)cn1. The van der Waals surface area contributed by atoms with Gasteiger partial charge in [0.25, 0.3) is 5.91 Å². The number of carbonyl (C=O) groups excluding carboxylic acids is 1. The van der Waals surface area contributed by atoms with Crippen molar-refractivity contribution in [2.45, 2.75) is 38.4 Å². The molecule has 1 unspecified atom stereocenters. The minimum absolute atomic E-state index is 0.120. The van der Waals surface area contributed by atoms with Crippen LogP contribution in [-0.2, 0) is 12.6 Å². The first-order valence-electron chi connectivity index (χ1n) is 10.2. The minimum Gasteiger partial charge on any atom is -0.368 e. The molecule has 0 radical (unpaired) electrons. The van der Waals surface area contributed by atoms with Gasteiger partial charge in [0.1, 0.15) is 0 Å².